The lowest BCUT2D eigenvalue weighted by Gasteiger charge is -2.16. The molecule has 2 N–H and O–H groups in total. The van der Waals surface area contributed by atoms with Crippen molar-refractivity contribution in [3.8, 4) is 5.75 Å². The molecule has 0 bridgehead atoms. The molecule has 1 aromatic carbocycles. The van der Waals surface area contributed by atoms with Gasteiger partial charge < -0.3 is 20.3 Å². The molecular weight excluding hydrogens is 472 g/mol. The van der Waals surface area contributed by atoms with Crippen LogP contribution in [-0.4, -0.2) is 56.9 Å². The van der Waals surface area contributed by atoms with Crippen LogP contribution in [0, 0.1) is 5.92 Å². The standard InChI is InChI=1S/C18H27F3N4O.HI/c1-3-25-9-8-15(12-25)11-24-17(22-2)23-10-14-4-6-16(7-5-14)26-13-18(19,20)21;/h4-7,15H,3,8-13H2,1-2H3,(H2,22,23,24);1H. The summed E-state index contributed by atoms with van der Waals surface area (Å²) in [6.07, 6.45) is -3.14. The van der Waals surface area contributed by atoms with E-state index in [-0.39, 0.29) is 29.7 Å². The maximum absolute atomic E-state index is 12.1. The fourth-order valence-corrected chi connectivity index (χ4v) is 2.88. The highest BCUT2D eigenvalue weighted by atomic mass is 127. The second-order valence-corrected chi connectivity index (χ2v) is 6.40. The van der Waals surface area contributed by atoms with Crippen molar-refractivity contribution in [3.05, 3.63) is 29.8 Å². The van der Waals surface area contributed by atoms with Crippen LogP contribution in [0.15, 0.2) is 29.3 Å². The number of benzene rings is 1. The molecule has 0 spiro atoms. The molecule has 1 fully saturated rings. The first-order valence-electron chi connectivity index (χ1n) is 8.85. The quantitative estimate of drug-likeness (QED) is 0.343. The molecule has 5 nitrogen and oxygen atoms in total. The minimum absolute atomic E-state index is 0. The maximum Gasteiger partial charge on any atom is 0.422 e. The number of likely N-dealkylation sites (tertiary alicyclic amines) is 1. The van der Waals surface area contributed by atoms with Crippen molar-refractivity contribution in [1.29, 1.82) is 0 Å². The average Bonchev–Trinajstić information content (AvgIpc) is 3.08. The van der Waals surface area contributed by atoms with Crippen molar-refractivity contribution in [2.45, 2.75) is 26.1 Å². The molecule has 2 rings (SSSR count). The second kappa shape index (κ2) is 11.6. The fraction of sp³-hybridized carbons (Fsp3) is 0.611. The lowest BCUT2D eigenvalue weighted by molar-refractivity contribution is -0.153. The van der Waals surface area contributed by atoms with Gasteiger partial charge in [-0.2, -0.15) is 13.2 Å². The van der Waals surface area contributed by atoms with Crippen molar-refractivity contribution < 1.29 is 17.9 Å². The van der Waals surface area contributed by atoms with Crippen LogP contribution in [0.25, 0.3) is 0 Å². The lowest BCUT2D eigenvalue weighted by Crippen LogP contribution is -2.39. The van der Waals surface area contributed by atoms with Crippen LogP contribution in [0.5, 0.6) is 5.75 Å². The number of hydrogen-bond donors (Lipinski definition) is 2. The van der Waals surface area contributed by atoms with Crippen LogP contribution in [0.2, 0.25) is 0 Å². The van der Waals surface area contributed by atoms with E-state index in [1.54, 1.807) is 19.2 Å². The molecule has 0 amide bonds. The van der Waals surface area contributed by atoms with Crippen LogP contribution in [0.3, 0.4) is 0 Å². The molecule has 0 radical (unpaired) electrons. The third kappa shape index (κ3) is 9.00. The average molecular weight is 500 g/mol. The molecule has 27 heavy (non-hydrogen) atoms. The topological polar surface area (TPSA) is 48.9 Å². The van der Waals surface area contributed by atoms with Gasteiger partial charge in [0.1, 0.15) is 5.75 Å². The number of ether oxygens (including phenoxy) is 1. The second-order valence-electron chi connectivity index (χ2n) is 6.40. The largest absolute Gasteiger partial charge is 0.484 e. The van der Waals surface area contributed by atoms with Crippen LogP contribution < -0.4 is 15.4 Å². The minimum Gasteiger partial charge on any atom is -0.484 e. The van der Waals surface area contributed by atoms with Crippen molar-refractivity contribution in [2.24, 2.45) is 10.9 Å². The van der Waals surface area contributed by atoms with Crippen molar-refractivity contribution in [3.63, 3.8) is 0 Å². The number of aliphatic imine (C=N–C) groups is 1. The molecule has 1 aliphatic heterocycles. The molecular formula is C18H28F3IN4O. The van der Waals surface area contributed by atoms with Crippen molar-refractivity contribution >= 4 is 29.9 Å². The molecule has 1 aromatic rings. The summed E-state index contributed by atoms with van der Waals surface area (Å²) in [6.45, 7) is 5.66. The summed E-state index contributed by atoms with van der Waals surface area (Å²) in [5.74, 6) is 1.55. The van der Waals surface area contributed by atoms with E-state index in [0.29, 0.717) is 12.5 Å². The van der Waals surface area contributed by atoms with E-state index in [0.717, 1.165) is 37.7 Å². The number of guanidine groups is 1. The fourth-order valence-electron chi connectivity index (χ4n) is 2.88. The van der Waals surface area contributed by atoms with Gasteiger partial charge in [-0.25, -0.2) is 0 Å². The van der Waals surface area contributed by atoms with Gasteiger partial charge in [0.15, 0.2) is 12.6 Å². The van der Waals surface area contributed by atoms with E-state index < -0.39 is 12.8 Å². The Hall–Kier alpha value is -1.23. The first-order valence-corrected chi connectivity index (χ1v) is 8.85. The van der Waals surface area contributed by atoms with Crippen molar-refractivity contribution in [2.75, 3.05) is 39.8 Å². The SMILES string of the molecule is CCN1CCC(CNC(=NC)NCc2ccc(OCC(F)(F)F)cc2)C1.I. The highest BCUT2D eigenvalue weighted by Crippen LogP contribution is 2.19. The Morgan fingerprint density at radius 3 is 2.52 bits per heavy atom. The summed E-state index contributed by atoms with van der Waals surface area (Å²) in [5.41, 5.74) is 0.935. The van der Waals surface area contributed by atoms with E-state index in [4.69, 9.17) is 4.74 Å². The summed E-state index contributed by atoms with van der Waals surface area (Å²) in [7, 11) is 1.72. The highest BCUT2D eigenvalue weighted by Gasteiger charge is 2.28. The Morgan fingerprint density at radius 1 is 1.26 bits per heavy atom. The van der Waals surface area contributed by atoms with Crippen molar-refractivity contribution in [1.82, 2.24) is 15.5 Å². The maximum atomic E-state index is 12.1. The zero-order chi connectivity index (χ0) is 19.0. The molecule has 1 aliphatic rings. The molecule has 1 saturated heterocycles. The van der Waals surface area contributed by atoms with Crippen LogP contribution in [0.1, 0.15) is 18.9 Å². The number of rotatable bonds is 7. The normalized spacial score (nSPS) is 18.1. The van der Waals surface area contributed by atoms with Gasteiger partial charge in [-0.1, -0.05) is 19.1 Å². The number of alkyl halides is 3. The summed E-state index contributed by atoms with van der Waals surface area (Å²) in [5, 5.41) is 6.55. The van der Waals surface area contributed by atoms with Gasteiger partial charge in [0.05, 0.1) is 0 Å². The Balaban J connectivity index is 0.00000364. The Labute approximate surface area is 175 Å². The first kappa shape index (κ1) is 23.8. The number of hydrogen-bond acceptors (Lipinski definition) is 3. The van der Waals surface area contributed by atoms with Gasteiger partial charge in [-0.05, 0) is 43.1 Å². The molecule has 1 unspecified atom stereocenters. The Bertz CT molecular complexity index is 581. The third-order valence-electron chi connectivity index (χ3n) is 4.38. The van der Waals surface area contributed by atoms with Crippen LogP contribution >= 0.6 is 24.0 Å². The zero-order valence-corrected chi connectivity index (χ0v) is 18.0. The van der Waals surface area contributed by atoms with Gasteiger partial charge in [-0.3, -0.25) is 4.99 Å². The monoisotopic (exact) mass is 500 g/mol. The van der Waals surface area contributed by atoms with Crippen LogP contribution in [0.4, 0.5) is 13.2 Å². The van der Waals surface area contributed by atoms with Gasteiger partial charge in [-0.15, -0.1) is 24.0 Å². The predicted octanol–water partition coefficient (Wildman–Crippen LogP) is 3.25. The highest BCUT2D eigenvalue weighted by molar-refractivity contribution is 14.0. The van der Waals surface area contributed by atoms with Gasteiger partial charge in [0.2, 0.25) is 0 Å². The molecule has 9 heteroatoms. The lowest BCUT2D eigenvalue weighted by atomic mass is 10.1. The Kier molecular flexibility index (Phi) is 10.2. The summed E-state index contributed by atoms with van der Waals surface area (Å²) < 4.78 is 41.1. The van der Waals surface area contributed by atoms with E-state index in [1.165, 1.54) is 18.6 Å². The zero-order valence-electron chi connectivity index (χ0n) is 15.7. The summed E-state index contributed by atoms with van der Waals surface area (Å²) in [6, 6.07) is 6.55. The van der Waals surface area contributed by atoms with Crippen LogP contribution in [-0.2, 0) is 6.54 Å². The third-order valence-corrected chi connectivity index (χ3v) is 4.38. The van der Waals surface area contributed by atoms with Gasteiger partial charge in [0.25, 0.3) is 0 Å². The summed E-state index contributed by atoms with van der Waals surface area (Å²) in [4.78, 5) is 6.64. The Morgan fingerprint density at radius 2 is 1.96 bits per heavy atom. The smallest absolute Gasteiger partial charge is 0.422 e. The molecule has 0 aromatic heterocycles. The number of halogens is 4. The molecule has 0 aliphatic carbocycles. The first-order chi connectivity index (χ1) is 12.4. The summed E-state index contributed by atoms with van der Waals surface area (Å²) >= 11 is 0. The van der Waals surface area contributed by atoms with E-state index in [9.17, 15) is 13.2 Å². The van der Waals surface area contributed by atoms with Gasteiger partial charge >= 0.3 is 6.18 Å². The number of nitrogens with zero attached hydrogens (tertiary/aromatic N) is 2. The molecule has 1 atom stereocenters. The van der Waals surface area contributed by atoms with E-state index in [1.807, 2.05) is 0 Å². The predicted molar refractivity (Wildman–Crippen MR) is 112 cm³/mol. The van der Waals surface area contributed by atoms with E-state index in [2.05, 4.69) is 27.4 Å². The van der Waals surface area contributed by atoms with E-state index >= 15 is 0 Å². The molecule has 154 valence electrons. The van der Waals surface area contributed by atoms with Gasteiger partial charge in [0, 0.05) is 26.7 Å². The number of nitrogens with one attached hydrogen (secondary N) is 2. The molecule has 0 saturated carbocycles. The minimum atomic E-state index is -4.33. The molecule has 1 heterocycles.